The molecule has 0 radical (unpaired) electrons. The Kier molecular flexibility index (Phi) is 2.68. The van der Waals surface area contributed by atoms with Gasteiger partial charge in [-0.05, 0) is 37.1 Å². The Morgan fingerprint density at radius 3 is 2.61 bits per heavy atom. The van der Waals surface area contributed by atoms with Crippen molar-refractivity contribution in [3.05, 3.63) is 36.3 Å². The summed E-state index contributed by atoms with van der Waals surface area (Å²) in [6.45, 7) is 0. The van der Waals surface area contributed by atoms with Gasteiger partial charge in [0.15, 0.2) is 11.6 Å². The molecule has 1 amide bonds. The van der Waals surface area contributed by atoms with Gasteiger partial charge in [0.25, 0.3) is 5.91 Å². The van der Waals surface area contributed by atoms with E-state index in [9.17, 15) is 4.79 Å². The maximum atomic E-state index is 11.7. The molecule has 3 rings (SSSR count). The van der Waals surface area contributed by atoms with E-state index in [1.165, 1.54) is 19.1 Å². The zero-order chi connectivity index (χ0) is 12.4. The molecule has 0 unspecified atom stereocenters. The van der Waals surface area contributed by atoms with Crippen LogP contribution in [-0.2, 0) is 0 Å². The van der Waals surface area contributed by atoms with Gasteiger partial charge in [0, 0.05) is 6.04 Å². The Morgan fingerprint density at radius 1 is 1.22 bits per heavy atom. The number of anilines is 2. The zero-order valence-electron chi connectivity index (χ0n) is 9.59. The molecule has 0 aromatic carbocycles. The predicted molar refractivity (Wildman–Crippen MR) is 65.3 cm³/mol. The maximum absolute atomic E-state index is 11.7. The average molecular weight is 244 g/mol. The van der Waals surface area contributed by atoms with Crippen molar-refractivity contribution in [1.29, 1.82) is 0 Å². The van der Waals surface area contributed by atoms with Crippen LogP contribution >= 0.6 is 0 Å². The number of amides is 1. The molecular formula is C12H12N4O2. The lowest BCUT2D eigenvalue weighted by molar-refractivity contribution is 0.0996. The number of hydrogen-bond donors (Lipinski definition) is 2. The Bertz CT molecular complexity index is 532. The van der Waals surface area contributed by atoms with E-state index in [2.05, 4.69) is 20.8 Å². The number of furan rings is 1. The van der Waals surface area contributed by atoms with Gasteiger partial charge in [-0.3, -0.25) is 4.79 Å². The van der Waals surface area contributed by atoms with E-state index >= 15 is 0 Å². The summed E-state index contributed by atoms with van der Waals surface area (Å²) in [5, 5.41) is 13.7. The molecule has 1 aliphatic rings. The summed E-state index contributed by atoms with van der Waals surface area (Å²) in [7, 11) is 0. The lowest BCUT2D eigenvalue weighted by Crippen LogP contribution is -2.13. The Morgan fingerprint density at radius 2 is 2.00 bits per heavy atom. The second kappa shape index (κ2) is 4.48. The summed E-state index contributed by atoms with van der Waals surface area (Å²) < 4.78 is 4.98. The summed E-state index contributed by atoms with van der Waals surface area (Å²) in [5.41, 5.74) is 0. The third kappa shape index (κ3) is 2.48. The lowest BCUT2D eigenvalue weighted by Gasteiger charge is -2.04. The van der Waals surface area contributed by atoms with Gasteiger partial charge in [-0.1, -0.05) is 0 Å². The number of aromatic nitrogens is 2. The van der Waals surface area contributed by atoms with Crippen molar-refractivity contribution in [1.82, 2.24) is 10.2 Å². The highest BCUT2D eigenvalue weighted by atomic mass is 16.3. The standard InChI is InChI=1S/C12H12N4O2/c17-12(9-2-1-7-18-9)14-11-6-5-10(15-16-11)13-8-3-4-8/h1-2,5-8H,3-4H2,(H,13,15)(H,14,16,17). The number of nitrogens with one attached hydrogen (secondary N) is 2. The third-order valence-corrected chi connectivity index (χ3v) is 2.58. The summed E-state index contributed by atoms with van der Waals surface area (Å²) in [5.74, 6) is 1.04. The minimum absolute atomic E-state index is 0.247. The molecule has 0 saturated heterocycles. The molecular weight excluding hydrogens is 232 g/mol. The highest BCUT2D eigenvalue weighted by Gasteiger charge is 2.21. The van der Waals surface area contributed by atoms with Crippen molar-refractivity contribution in [3.63, 3.8) is 0 Å². The van der Waals surface area contributed by atoms with E-state index in [0.717, 1.165) is 5.82 Å². The molecule has 2 heterocycles. The van der Waals surface area contributed by atoms with Crippen molar-refractivity contribution in [2.24, 2.45) is 0 Å². The molecule has 2 aromatic rings. The zero-order valence-corrected chi connectivity index (χ0v) is 9.59. The predicted octanol–water partition coefficient (Wildman–Crippen LogP) is 1.90. The van der Waals surface area contributed by atoms with E-state index < -0.39 is 0 Å². The van der Waals surface area contributed by atoms with Crippen LogP contribution in [0.5, 0.6) is 0 Å². The Hall–Kier alpha value is -2.37. The fourth-order valence-electron chi connectivity index (χ4n) is 1.50. The van der Waals surface area contributed by atoms with Crippen molar-refractivity contribution in [2.45, 2.75) is 18.9 Å². The first-order valence-corrected chi connectivity index (χ1v) is 5.76. The quantitative estimate of drug-likeness (QED) is 0.858. The van der Waals surface area contributed by atoms with Crippen molar-refractivity contribution in [3.8, 4) is 0 Å². The molecule has 0 atom stereocenters. The molecule has 92 valence electrons. The van der Waals surface area contributed by atoms with Crippen LogP contribution in [0.15, 0.2) is 34.9 Å². The minimum Gasteiger partial charge on any atom is -0.459 e. The van der Waals surface area contributed by atoms with Crippen LogP contribution in [0, 0.1) is 0 Å². The van der Waals surface area contributed by atoms with Crippen LogP contribution in [0.25, 0.3) is 0 Å². The summed E-state index contributed by atoms with van der Waals surface area (Å²) in [4.78, 5) is 11.7. The fraction of sp³-hybridized carbons (Fsp3) is 0.250. The lowest BCUT2D eigenvalue weighted by atomic mass is 10.4. The molecule has 1 saturated carbocycles. The summed E-state index contributed by atoms with van der Waals surface area (Å²) in [6.07, 6.45) is 3.81. The van der Waals surface area contributed by atoms with Gasteiger partial charge in [-0.2, -0.15) is 0 Å². The first kappa shape index (κ1) is 10.8. The Labute approximate surface area is 103 Å². The first-order valence-electron chi connectivity index (χ1n) is 5.76. The second-order valence-electron chi connectivity index (χ2n) is 4.15. The first-order chi connectivity index (χ1) is 8.81. The largest absolute Gasteiger partial charge is 0.459 e. The molecule has 18 heavy (non-hydrogen) atoms. The Balaban J connectivity index is 1.63. The topological polar surface area (TPSA) is 80.0 Å². The van der Waals surface area contributed by atoms with Gasteiger partial charge in [-0.25, -0.2) is 0 Å². The summed E-state index contributed by atoms with van der Waals surface area (Å²) >= 11 is 0. The van der Waals surface area contributed by atoms with E-state index in [0.29, 0.717) is 11.9 Å². The SMILES string of the molecule is O=C(Nc1ccc(NC2CC2)nn1)c1ccco1. The normalized spacial score (nSPS) is 14.2. The fourth-order valence-corrected chi connectivity index (χ4v) is 1.50. The molecule has 0 aliphatic heterocycles. The summed E-state index contributed by atoms with van der Waals surface area (Å²) in [6, 6.07) is 7.28. The number of hydrogen-bond acceptors (Lipinski definition) is 5. The smallest absolute Gasteiger partial charge is 0.292 e. The number of rotatable bonds is 4. The van der Waals surface area contributed by atoms with Crippen LogP contribution in [0.4, 0.5) is 11.6 Å². The molecule has 1 fully saturated rings. The number of carbonyl (C=O) groups excluding carboxylic acids is 1. The average Bonchev–Trinajstić information content (AvgIpc) is 3.02. The van der Waals surface area contributed by atoms with Gasteiger partial charge in [-0.15, -0.1) is 10.2 Å². The van der Waals surface area contributed by atoms with Gasteiger partial charge in [0.2, 0.25) is 0 Å². The second-order valence-corrected chi connectivity index (χ2v) is 4.15. The van der Waals surface area contributed by atoms with Crippen molar-refractivity contribution >= 4 is 17.5 Å². The van der Waals surface area contributed by atoms with Gasteiger partial charge >= 0.3 is 0 Å². The van der Waals surface area contributed by atoms with E-state index in [-0.39, 0.29) is 11.7 Å². The maximum Gasteiger partial charge on any atom is 0.292 e. The highest BCUT2D eigenvalue weighted by molar-refractivity contribution is 6.01. The highest BCUT2D eigenvalue weighted by Crippen LogP contribution is 2.23. The third-order valence-electron chi connectivity index (χ3n) is 2.58. The molecule has 2 N–H and O–H groups in total. The van der Waals surface area contributed by atoms with Crippen LogP contribution in [0.1, 0.15) is 23.4 Å². The minimum atomic E-state index is -0.336. The molecule has 6 heteroatoms. The molecule has 1 aliphatic carbocycles. The molecule has 2 aromatic heterocycles. The van der Waals surface area contributed by atoms with Crippen molar-refractivity contribution < 1.29 is 9.21 Å². The van der Waals surface area contributed by atoms with Crippen LogP contribution in [0.2, 0.25) is 0 Å². The van der Waals surface area contributed by atoms with E-state index in [4.69, 9.17) is 4.42 Å². The van der Waals surface area contributed by atoms with Gasteiger partial charge in [0.1, 0.15) is 5.82 Å². The number of carbonyl (C=O) groups is 1. The van der Waals surface area contributed by atoms with Crippen LogP contribution in [0.3, 0.4) is 0 Å². The molecule has 0 bridgehead atoms. The monoisotopic (exact) mass is 244 g/mol. The van der Waals surface area contributed by atoms with Gasteiger partial charge < -0.3 is 15.1 Å². The molecule has 6 nitrogen and oxygen atoms in total. The number of nitrogens with zero attached hydrogens (tertiary/aromatic N) is 2. The van der Waals surface area contributed by atoms with Crippen LogP contribution < -0.4 is 10.6 Å². The van der Waals surface area contributed by atoms with Crippen molar-refractivity contribution in [2.75, 3.05) is 10.6 Å². The van der Waals surface area contributed by atoms with Crippen LogP contribution in [-0.4, -0.2) is 22.1 Å². The van der Waals surface area contributed by atoms with E-state index in [1.54, 1.807) is 24.3 Å². The molecule has 0 spiro atoms. The van der Waals surface area contributed by atoms with Gasteiger partial charge in [0.05, 0.1) is 6.26 Å². The van der Waals surface area contributed by atoms with E-state index in [1.807, 2.05) is 0 Å².